The molecule has 0 unspecified atom stereocenters. The van der Waals surface area contributed by atoms with Crippen LogP contribution in [0.5, 0.6) is 0 Å². The average molecular weight is 289 g/mol. The lowest BCUT2D eigenvalue weighted by atomic mass is 9.93. The zero-order valence-electron chi connectivity index (χ0n) is 12.4. The van der Waals surface area contributed by atoms with E-state index in [4.69, 9.17) is 10.00 Å². The van der Waals surface area contributed by atoms with Crippen LogP contribution in [0.1, 0.15) is 38.3 Å². The summed E-state index contributed by atoms with van der Waals surface area (Å²) in [6, 6.07) is 8.80. The number of carboxylic acid groups (broad SMARTS) is 1. The van der Waals surface area contributed by atoms with Gasteiger partial charge >= 0.3 is 11.9 Å². The first-order valence-electron chi connectivity index (χ1n) is 6.65. The molecule has 0 heterocycles. The molecule has 0 spiro atoms. The zero-order valence-corrected chi connectivity index (χ0v) is 12.4. The van der Waals surface area contributed by atoms with Crippen LogP contribution in [-0.2, 0) is 20.7 Å². The van der Waals surface area contributed by atoms with Crippen molar-refractivity contribution in [2.45, 2.75) is 39.2 Å². The van der Waals surface area contributed by atoms with Gasteiger partial charge in [0.1, 0.15) is 5.60 Å². The standard InChI is InChI=1S/C16H19NO4/c1-16(2,3)21-14(18)9-13(15(19)20)8-11-6-4-5-7-12(11)10-17/h4-7,13H,8-9H2,1-3H3,(H,19,20)/t13-/m1/s1. The van der Waals surface area contributed by atoms with Crippen molar-refractivity contribution in [1.29, 1.82) is 5.26 Å². The van der Waals surface area contributed by atoms with Crippen LogP contribution in [0, 0.1) is 17.2 Å². The van der Waals surface area contributed by atoms with Crippen molar-refractivity contribution >= 4 is 11.9 Å². The molecule has 0 saturated heterocycles. The van der Waals surface area contributed by atoms with Gasteiger partial charge in [0, 0.05) is 0 Å². The lowest BCUT2D eigenvalue weighted by Crippen LogP contribution is -2.28. The number of nitriles is 1. The lowest BCUT2D eigenvalue weighted by Gasteiger charge is -2.21. The second-order valence-electron chi connectivity index (χ2n) is 5.80. The third kappa shape index (κ3) is 5.65. The van der Waals surface area contributed by atoms with Crippen LogP contribution < -0.4 is 0 Å². The molecule has 0 saturated carbocycles. The molecule has 0 aliphatic heterocycles. The van der Waals surface area contributed by atoms with Gasteiger partial charge in [-0.1, -0.05) is 18.2 Å². The molecule has 1 aromatic carbocycles. The van der Waals surface area contributed by atoms with E-state index in [2.05, 4.69) is 0 Å². The van der Waals surface area contributed by atoms with E-state index in [0.717, 1.165) is 0 Å². The van der Waals surface area contributed by atoms with Gasteiger partial charge in [-0.15, -0.1) is 0 Å². The maximum Gasteiger partial charge on any atom is 0.307 e. The van der Waals surface area contributed by atoms with Crippen LogP contribution in [-0.4, -0.2) is 22.6 Å². The minimum Gasteiger partial charge on any atom is -0.481 e. The van der Waals surface area contributed by atoms with Crippen molar-refractivity contribution in [1.82, 2.24) is 0 Å². The zero-order chi connectivity index (χ0) is 16.0. The maximum absolute atomic E-state index is 11.8. The molecule has 0 radical (unpaired) electrons. The van der Waals surface area contributed by atoms with Gasteiger partial charge in [-0.05, 0) is 38.8 Å². The summed E-state index contributed by atoms with van der Waals surface area (Å²) in [4.78, 5) is 23.1. The topological polar surface area (TPSA) is 87.4 Å². The number of benzene rings is 1. The third-order valence-corrected chi connectivity index (χ3v) is 2.79. The van der Waals surface area contributed by atoms with Gasteiger partial charge in [0.2, 0.25) is 0 Å². The highest BCUT2D eigenvalue weighted by molar-refractivity contribution is 5.79. The van der Waals surface area contributed by atoms with Gasteiger partial charge in [0.15, 0.2) is 0 Å². The smallest absolute Gasteiger partial charge is 0.307 e. The van der Waals surface area contributed by atoms with E-state index in [1.165, 1.54) is 0 Å². The van der Waals surface area contributed by atoms with Crippen molar-refractivity contribution in [3.8, 4) is 6.07 Å². The van der Waals surface area contributed by atoms with Crippen LogP contribution in [0.4, 0.5) is 0 Å². The summed E-state index contributed by atoms with van der Waals surface area (Å²) in [7, 11) is 0. The number of esters is 1. The lowest BCUT2D eigenvalue weighted by molar-refractivity contribution is -0.159. The highest BCUT2D eigenvalue weighted by atomic mass is 16.6. The Morgan fingerprint density at radius 2 is 1.95 bits per heavy atom. The molecular formula is C16H19NO4. The maximum atomic E-state index is 11.8. The number of hydrogen-bond donors (Lipinski definition) is 1. The monoisotopic (exact) mass is 289 g/mol. The first-order valence-corrected chi connectivity index (χ1v) is 6.65. The number of aliphatic carboxylic acids is 1. The fourth-order valence-electron chi connectivity index (χ4n) is 1.90. The summed E-state index contributed by atoms with van der Waals surface area (Å²) in [5.74, 6) is -2.53. The van der Waals surface area contributed by atoms with Gasteiger partial charge in [-0.3, -0.25) is 9.59 Å². The van der Waals surface area contributed by atoms with Gasteiger partial charge < -0.3 is 9.84 Å². The molecule has 112 valence electrons. The molecule has 5 nitrogen and oxygen atoms in total. The fraction of sp³-hybridized carbons (Fsp3) is 0.438. The summed E-state index contributed by atoms with van der Waals surface area (Å²) >= 11 is 0. The van der Waals surface area contributed by atoms with Crippen LogP contribution in [0.3, 0.4) is 0 Å². The summed E-state index contributed by atoms with van der Waals surface area (Å²) in [5.41, 5.74) is 0.397. The Balaban J connectivity index is 2.82. The van der Waals surface area contributed by atoms with Crippen LogP contribution >= 0.6 is 0 Å². The van der Waals surface area contributed by atoms with Crippen LogP contribution in [0.2, 0.25) is 0 Å². The minimum absolute atomic E-state index is 0.123. The molecule has 1 rings (SSSR count). The Morgan fingerprint density at radius 1 is 1.33 bits per heavy atom. The molecule has 0 bridgehead atoms. The summed E-state index contributed by atoms with van der Waals surface area (Å²) in [5, 5.41) is 18.3. The fourth-order valence-corrected chi connectivity index (χ4v) is 1.90. The number of rotatable bonds is 5. The second-order valence-corrected chi connectivity index (χ2v) is 5.80. The molecular weight excluding hydrogens is 270 g/mol. The number of carbonyl (C=O) groups excluding carboxylic acids is 1. The van der Waals surface area contributed by atoms with Crippen molar-refractivity contribution in [3.05, 3.63) is 35.4 Å². The first kappa shape index (κ1) is 16.7. The molecule has 0 aliphatic rings. The molecule has 5 heteroatoms. The number of carbonyl (C=O) groups is 2. The predicted molar refractivity (Wildman–Crippen MR) is 76.4 cm³/mol. The molecule has 0 fully saturated rings. The second kappa shape index (κ2) is 6.89. The molecule has 0 aliphatic carbocycles. The van der Waals surface area contributed by atoms with E-state index in [9.17, 15) is 14.7 Å². The third-order valence-electron chi connectivity index (χ3n) is 2.79. The van der Waals surface area contributed by atoms with E-state index in [1.807, 2.05) is 6.07 Å². The van der Waals surface area contributed by atoms with Crippen LogP contribution in [0.25, 0.3) is 0 Å². The van der Waals surface area contributed by atoms with E-state index in [1.54, 1.807) is 45.0 Å². The van der Waals surface area contributed by atoms with Crippen LogP contribution in [0.15, 0.2) is 24.3 Å². The quantitative estimate of drug-likeness (QED) is 0.841. The highest BCUT2D eigenvalue weighted by Gasteiger charge is 2.26. The van der Waals surface area contributed by atoms with E-state index in [-0.39, 0.29) is 12.8 Å². The summed E-state index contributed by atoms with van der Waals surface area (Å²) < 4.78 is 5.15. The Labute approximate surface area is 124 Å². The van der Waals surface area contributed by atoms with E-state index in [0.29, 0.717) is 11.1 Å². The Bertz CT molecular complexity index is 566. The summed E-state index contributed by atoms with van der Waals surface area (Å²) in [6.45, 7) is 5.18. The normalized spacial score (nSPS) is 12.3. The molecule has 1 N–H and O–H groups in total. The van der Waals surface area contributed by atoms with Crippen molar-refractivity contribution in [2.75, 3.05) is 0 Å². The van der Waals surface area contributed by atoms with Gasteiger partial charge in [0.25, 0.3) is 0 Å². The Hall–Kier alpha value is -2.35. The van der Waals surface area contributed by atoms with E-state index >= 15 is 0 Å². The van der Waals surface area contributed by atoms with Crippen molar-refractivity contribution in [2.24, 2.45) is 5.92 Å². The Kier molecular flexibility index (Phi) is 5.48. The number of ether oxygens (including phenoxy) is 1. The van der Waals surface area contributed by atoms with Gasteiger partial charge in [0.05, 0.1) is 24.0 Å². The Morgan fingerprint density at radius 3 is 2.48 bits per heavy atom. The van der Waals surface area contributed by atoms with Crippen molar-refractivity contribution in [3.63, 3.8) is 0 Å². The number of hydrogen-bond acceptors (Lipinski definition) is 4. The van der Waals surface area contributed by atoms with E-state index < -0.39 is 23.5 Å². The minimum atomic E-state index is -1.08. The number of nitrogens with zero attached hydrogens (tertiary/aromatic N) is 1. The highest BCUT2D eigenvalue weighted by Crippen LogP contribution is 2.18. The molecule has 21 heavy (non-hydrogen) atoms. The van der Waals surface area contributed by atoms with Gasteiger partial charge in [-0.25, -0.2) is 0 Å². The van der Waals surface area contributed by atoms with Gasteiger partial charge in [-0.2, -0.15) is 5.26 Å². The first-order chi connectivity index (χ1) is 9.73. The average Bonchev–Trinajstić information content (AvgIpc) is 2.36. The SMILES string of the molecule is CC(C)(C)OC(=O)C[C@@H](Cc1ccccc1C#N)C(=O)O. The largest absolute Gasteiger partial charge is 0.481 e. The molecule has 1 aromatic rings. The molecule has 1 atom stereocenters. The molecule has 0 aromatic heterocycles. The van der Waals surface area contributed by atoms with Crippen molar-refractivity contribution < 1.29 is 19.4 Å². The predicted octanol–water partition coefficient (Wildman–Crippen LogP) is 2.53. The summed E-state index contributed by atoms with van der Waals surface area (Å²) in [6.07, 6.45) is -0.0926. The number of carboxylic acids is 1. The molecule has 0 amide bonds.